The molecule has 38 heavy (non-hydrogen) atoms. The smallest absolute Gasteiger partial charge is 0.244 e. The summed E-state index contributed by atoms with van der Waals surface area (Å²) in [4.78, 5) is 28.6. The zero-order valence-corrected chi connectivity index (χ0v) is 23.2. The highest BCUT2D eigenvalue weighted by Gasteiger charge is 2.33. The number of nitrogens with zero attached hydrogens (tertiary/aromatic N) is 2. The van der Waals surface area contributed by atoms with Crippen LogP contribution in [0.2, 0.25) is 5.02 Å². The number of hydrogen-bond acceptors (Lipinski definition) is 5. The molecule has 0 fully saturated rings. The van der Waals surface area contributed by atoms with Crippen molar-refractivity contribution in [2.24, 2.45) is 0 Å². The van der Waals surface area contributed by atoms with E-state index in [-0.39, 0.29) is 29.6 Å². The van der Waals surface area contributed by atoms with E-state index in [0.29, 0.717) is 12.3 Å². The van der Waals surface area contributed by atoms with Crippen molar-refractivity contribution in [1.82, 2.24) is 10.2 Å². The highest BCUT2D eigenvalue weighted by atomic mass is 35.5. The van der Waals surface area contributed by atoms with Crippen molar-refractivity contribution in [3.8, 4) is 5.75 Å². The van der Waals surface area contributed by atoms with Crippen LogP contribution in [0, 0.1) is 0 Å². The van der Waals surface area contributed by atoms with Crippen LogP contribution in [-0.2, 0) is 32.6 Å². The first kappa shape index (κ1) is 29.0. The average molecular weight is 558 g/mol. The fraction of sp³-hybridized carbons (Fsp3) is 0.286. The van der Waals surface area contributed by atoms with Crippen LogP contribution < -0.4 is 14.4 Å². The first-order chi connectivity index (χ1) is 18.1. The Labute approximate surface area is 229 Å². The van der Waals surface area contributed by atoms with E-state index >= 15 is 0 Å². The lowest BCUT2D eigenvalue weighted by Gasteiger charge is -2.33. The van der Waals surface area contributed by atoms with E-state index in [4.69, 9.17) is 16.3 Å². The second-order valence-corrected chi connectivity index (χ2v) is 11.0. The van der Waals surface area contributed by atoms with Crippen molar-refractivity contribution in [3.63, 3.8) is 0 Å². The minimum absolute atomic E-state index is 0.120. The van der Waals surface area contributed by atoms with Crippen molar-refractivity contribution >= 4 is 39.1 Å². The molecule has 8 nitrogen and oxygen atoms in total. The fourth-order valence-corrected chi connectivity index (χ4v) is 5.14. The van der Waals surface area contributed by atoms with Gasteiger partial charge in [-0.25, -0.2) is 8.42 Å². The third-order valence-electron chi connectivity index (χ3n) is 5.92. The summed E-state index contributed by atoms with van der Waals surface area (Å²) in [6.07, 6.45) is 1.28. The number of ether oxygens (including phenoxy) is 1. The first-order valence-corrected chi connectivity index (χ1v) is 14.3. The number of nitrogens with one attached hydrogen (secondary N) is 1. The van der Waals surface area contributed by atoms with Gasteiger partial charge in [0.05, 0.1) is 24.1 Å². The Kier molecular flexibility index (Phi) is 10.2. The quantitative estimate of drug-likeness (QED) is 0.364. The summed E-state index contributed by atoms with van der Waals surface area (Å²) >= 11 is 6.25. The molecular weight excluding hydrogens is 526 g/mol. The van der Waals surface area contributed by atoms with Crippen LogP contribution in [0.5, 0.6) is 5.75 Å². The van der Waals surface area contributed by atoms with Gasteiger partial charge in [0.1, 0.15) is 18.3 Å². The molecule has 0 radical (unpaired) electrons. The van der Waals surface area contributed by atoms with Crippen LogP contribution in [0.15, 0.2) is 78.9 Å². The van der Waals surface area contributed by atoms with Gasteiger partial charge in [0.15, 0.2) is 0 Å². The number of likely N-dealkylation sites (N-methyl/N-ethyl adjacent to an activating group) is 1. The minimum atomic E-state index is -3.88. The number of hydrogen-bond donors (Lipinski definition) is 1. The van der Waals surface area contributed by atoms with Crippen LogP contribution in [0.4, 0.5) is 5.69 Å². The minimum Gasteiger partial charge on any atom is -0.495 e. The Morgan fingerprint density at radius 2 is 1.58 bits per heavy atom. The van der Waals surface area contributed by atoms with Gasteiger partial charge in [-0.15, -0.1) is 0 Å². The van der Waals surface area contributed by atoms with Gasteiger partial charge in [-0.1, -0.05) is 72.3 Å². The van der Waals surface area contributed by atoms with Gasteiger partial charge in [0.2, 0.25) is 21.8 Å². The van der Waals surface area contributed by atoms with Crippen LogP contribution in [0.3, 0.4) is 0 Å². The fourth-order valence-electron chi connectivity index (χ4n) is 4.05. The Bertz CT molecular complexity index is 1340. The van der Waals surface area contributed by atoms with Crippen LogP contribution in [0.1, 0.15) is 18.1 Å². The molecule has 0 bridgehead atoms. The van der Waals surface area contributed by atoms with Crippen molar-refractivity contribution in [2.75, 3.05) is 30.8 Å². The molecule has 1 N–H and O–H groups in total. The van der Waals surface area contributed by atoms with Crippen molar-refractivity contribution < 1.29 is 22.7 Å². The molecule has 0 aromatic heterocycles. The maximum Gasteiger partial charge on any atom is 0.244 e. The van der Waals surface area contributed by atoms with E-state index in [0.717, 1.165) is 21.7 Å². The Balaban J connectivity index is 2.03. The molecule has 10 heteroatoms. The summed E-state index contributed by atoms with van der Waals surface area (Å²) in [6.45, 7) is 1.80. The Morgan fingerprint density at radius 3 is 2.11 bits per heavy atom. The molecule has 3 rings (SSSR count). The van der Waals surface area contributed by atoms with E-state index < -0.39 is 28.5 Å². The van der Waals surface area contributed by atoms with E-state index in [1.165, 1.54) is 30.2 Å². The zero-order valence-electron chi connectivity index (χ0n) is 21.6. The number of methoxy groups -OCH3 is 1. The predicted molar refractivity (Wildman–Crippen MR) is 150 cm³/mol. The number of rotatable bonds is 12. The summed E-state index contributed by atoms with van der Waals surface area (Å²) in [5, 5.41) is 3.03. The lowest BCUT2D eigenvalue weighted by molar-refractivity contribution is -0.140. The number of amides is 2. The van der Waals surface area contributed by atoms with Gasteiger partial charge in [-0.05, 0) is 36.2 Å². The third-order valence-corrected chi connectivity index (χ3v) is 7.36. The highest BCUT2D eigenvalue weighted by Crippen LogP contribution is 2.30. The molecule has 0 unspecified atom stereocenters. The van der Waals surface area contributed by atoms with Crippen molar-refractivity contribution in [3.05, 3.63) is 95.0 Å². The third kappa shape index (κ3) is 7.72. The Hall–Kier alpha value is -3.56. The van der Waals surface area contributed by atoms with Gasteiger partial charge in [0.25, 0.3) is 0 Å². The van der Waals surface area contributed by atoms with Gasteiger partial charge in [-0.3, -0.25) is 13.9 Å². The van der Waals surface area contributed by atoms with Crippen LogP contribution >= 0.6 is 11.6 Å². The monoisotopic (exact) mass is 557 g/mol. The number of carbonyl (C=O) groups excluding carboxylic acids is 2. The van der Waals surface area contributed by atoms with Crippen molar-refractivity contribution in [2.45, 2.75) is 25.9 Å². The number of halogens is 1. The van der Waals surface area contributed by atoms with Crippen LogP contribution in [-0.4, -0.2) is 57.6 Å². The predicted octanol–water partition coefficient (Wildman–Crippen LogP) is 3.89. The maximum absolute atomic E-state index is 13.9. The molecular formula is C28H32ClN3O5S. The highest BCUT2D eigenvalue weighted by molar-refractivity contribution is 7.92. The van der Waals surface area contributed by atoms with E-state index in [2.05, 4.69) is 5.32 Å². The molecule has 3 aromatic rings. The van der Waals surface area contributed by atoms with Gasteiger partial charge in [-0.2, -0.15) is 0 Å². The molecule has 2 amide bonds. The second-order valence-electron chi connectivity index (χ2n) is 8.70. The number of anilines is 1. The van der Waals surface area contributed by atoms with Gasteiger partial charge in [0, 0.05) is 19.5 Å². The lowest BCUT2D eigenvalue weighted by atomic mass is 10.0. The standard InChI is InChI=1S/C28H32ClN3O5S/c1-4-30-28(34)25(17-21-11-7-5-8-12-21)31(19-22-13-9-6-10-14-22)27(33)20-32(38(3,35)36)23-15-16-26(37-2)24(29)18-23/h5-16,18,25H,4,17,19-20H2,1-3H3,(H,30,34)/t25-/m1/s1. The number of sulfonamides is 1. The average Bonchev–Trinajstić information content (AvgIpc) is 2.89. The SMILES string of the molecule is CCNC(=O)[C@@H](Cc1ccccc1)N(Cc1ccccc1)C(=O)CN(c1ccc(OC)c(Cl)c1)S(C)(=O)=O. The second kappa shape index (κ2) is 13.3. The molecule has 0 aliphatic rings. The first-order valence-electron chi connectivity index (χ1n) is 12.1. The summed E-state index contributed by atoms with van der Waals surface area (Å²) < 4.78 is 31.8. The summed E-state index contributed by atoms with van der Waals surface area (Å²) in [5.41, 5.74) is 1.89. The molecule has 3 aromatic carbocycles. The molecule has 0 spiro atoms. The van der Waals surface area contributed by atoms with Crippen LogP contribution in [0.25, 0.3) is 0 Å². The largest absolute Gasteiger partial charge is 0.495 e. The van der Waals surface area contributed by atoms with Gasteiger partial charge < -0.3 is 15.0 Å². The zero-order chi connectivity index (χ0) is 27.7. The Morgan fingerprint density at radius 1 is 0.974 bits per heavy atom. The molecule has 0 saturated heterocycles. The number of carbonyl (C=O) groups is 2. The maximum atomic E-state index is 13.9. The normalized spacial score (nSPS) is 11.9. The molecule has 202 valence electrons. The lowest BCUT2D eigenvalue weighted by Crippen LogP contribution is -2.53. The molecule has 1 atom stereocenters. The summed E-state index contributed by atoms with van der Waals surface area (Å²) in [6, 6.07) is 22.3. The number of benzene rings is 3. The van der Waals surface area contributed by atoms with E-state index in [9.17, 15) is 18.0 Å². The molecule has 0 aliphatic carbocycles. The van der Waals surface area contributed by atoms with E-state index in [1.807, 2.05) is 60.7 Å². The molecule has 0 heterocycles. The van der Waals surface area contributed by atoms with Gasteiger partial charge >= 0.3 is 0 Å². The van der Waals surface area contributed by atoms with E-state index in [1.54, 1.807) is 6.92 Å². The summed E-state index contributed by atoms with van der Waals surface area (Å²) in [7, 11) is -2.43. The summed E-state index contributed by atoms with van der Waals surface area (Å²) in [5.74, 6) is -0.475. The topological polar surface area (TPSA) is 96.0 Å². The van der Waals surface area contributed by atoms with Crippen molar-refractivity contribution in [1.29, 1.82) is 0 Å². The molecule has 0 aliphatic heterocycles. The molecule has 0 saturated carbocycles.